The van der Waals surface area contributed by atoms with E-state index in [0.29, 0.717) is 43.3 Å². The third-order valence-corrected chi connectivity index (χ3v) is 9.41. The number of amides is 2. The molecule has 2 amide bonds. The van der Waals surface area contributed by atoms with Crippen molar-refractivity contribution in [3.8, 4) is 0 Å². The van der Waals surface area contributed by atoms with E-state index in [1.165, 1.54) is 38.0 Å². The Morgan fingerprint density at radius 3 is 2.48 bits per heavy atom. The van der Waals surface area contributed by atoms with Gasteiger partial charge in [-0.2, -0.15) is 13.2 Å². The zero-order valence-corrected chi connectivity index (χ0v) is 25.5. The standard InChI is InChI=1S/C35H41F4N3O2/c1-21-7-4-9-26(19-21)40-25-16-13-24(14-17-25)32-28(33(43)41-27-15-12-22(2)29(20-27)35(37,38)39)10-6-18-42(32)34(44)31-23(3)8-5-11-30(31)36/h5,8,11-13,15-17,20-21,24,26,28,32,40H,4,6-7,9-10,14,18-19H2,1-3H3,(H,41,43)/t21-,24?,26?,28+,32+/m1/s1. The predicted octanol–water partition coefficient (Wildman–Crippen LogP) is 7.95. The number of carbonyl (C=O) groups excluding carboxylic acids is 2. The van der Waals surface area contributed by atoms with Crippen LogP contribution in [-0.4, -0.2) is 35.3 Å². The fourth-order valence-electron chi connectivity index (χ4n) is 7.16. The lowest BCUT2D eigenvalue weighted by molar-refractivity contribution is -0.138. The monoisotopic (exact) mass is 611 g/mol. The second-order valence-electron chi connectivity index (χ2n) is 12.7. The molecular weight excluding hydrogens is 570 g/mol. The smallest absolute Gasteiger partial charge is 0.383 e. The summed E-state index contributed by atoms with van der Waals surface area (Å²) >= 11 is 0. The molecule has 0 aromatic heterocycles. The molecule has 0 bridgehead atoms. The molecule has 1 saturated carbocycles. The van der Waals surface area contributed by atoms with E-state index in [1.54, 1.807) is 24.0 Å². The summed E-state index contributed by atoms with van der Waals surface area (Å²) in [5, 5.41) is 6.35. The Labute approximate surface area is 256 Å². The molecule has 9 heteroatoms. The van der Waals surface area contributed by atoms with E-state index < -0.39 is 41.3 Å². The van der Waals surface area contributed by atoms with Crippen LogP contribution in [-0.2, 0) is 11.0 Å². The van der Waals surface area contributed by atoms with Gasteiger partial charge in [0, 0.05) is 29.9 Å². The van der Waals surface area contributed by atoms with Gasteiger partial charge < -0.3 is 15.5 Å². The van der Waals surface area contributed by atoms with Crippen molar-refractivity contribution >= 4 is 17.5 Å². The highest BCUT2D eigenvalue weighted by atomic mass is 19.4. The Kier molecular flexibility index (Phi) is 9.51. The van der Waals surface area contributed by atoms with Gasteiger partial charge in [0.05, 0.1) is 23.1 Å². The van der Waals surface area contributed by atoms with Gasteiger partial charge in [0.2, 0.25) is 5.91 Å². The number of benzene rings is 2. The highest BCUT2D eigenvalue weighted by Crippen LogP contribution is 2.37. The summed E-state index contributed by atoms with van der Waals surface area (Å²) in [6.07, 6.45) is 7.75. The number of nitrogens with zero attached hydrogens (tertiary/aromatic N) is 1. The minimum Gasteiger partial charge on any atom is -0.383 e. The number of carbonyl (C=O) groups is 2. The van der Waals surface area contributed by atoms with Crippen molar-refractivity contribution in [1.29, 1.82) is 0 Å². The number of nitrogens with one attached hydrogen (secondary N) is 2. The summed E-state index contributed by atoms with van der Waals surface area (Å²) in [5.74, 6) is -1.81. The molecule has 5 atom stereocenters. The molecule has 2 N–H and O–H groups in total. The fraction of sp³-hybridized carbons (Fsp3) is 0.486. The van der Waals surface area contributed by atoms with Gasteiger partial charge in [0.1, 0.15) is 5.82 Å². The summed E-state index contributed by atoms with van der Waals surface area (Å²) < 4.78 is 55.7. The molecule has 1 aliphatic heterocycles. The van der Waals surface area contributed by atoms with Gasteiger partial charge >= 0.3 is 6.18 Å². The van der Waals surface area contributed by atoms with Crippen LogP contribution in [0.25, 0.3) is 0 Å². The Bertz CT molecular complexity index is 1430. The van der Waals surface area contributed by atoms with Crippen LogP contribution in [0.2, 0.25) is 0 Å². The van der Waals surface area contributed by atoms with Crippen molar-refractivity contribution in [2.45, 2.75) is 84.0 Å². The second kappa shape index (κ2) is 13.2. The van der Waals surface area contributed by atoms with Crippen molar-refractivity contribution in [2.24, 2.45) is 17.8 Å². The van der Waals surface area contributed by atoms with E-state index in [1.807, 2.05) is 12.2 Å². The maximum absolute atomic E-state index is 15.0. The molecule has 0 radical (unpaired) electrons. The van der Waals surface area contributed by atoms with Crippen molar-refractivity contribution in [3.05, 3.63) is 88.4 Å². The van der Waals surface area contributed by atoms with Crippen LogP contribution in [0.5, 0.6) is 0 Å². The molecule has 2 aromatic rings. The molecule has 5 nitrogen and oxygen atoms in total. The first-order valence-corrected chi connectivity index (χ1v) is 15.6. The summed E-state index contributed by atoms with van der Waals surface area (Å²) in [4.78, 5) is 29.4. The molecule has 5 rings (SSSR count). The maximum atomic E-state index is 15.0. The van der Waals surface area contributed by atoms with Crippen LogP contribution in [0.1, 0.15) is 78.9 Å². The molecule has 3 aliphatic rings. The zero-order valence-electron chi connectivity index (χ0n) is 25.5. The van der Waals surface area contributed by atoms with E-state index in [4.69, 9.17) is 0 Å². The number of alkyl halides is 3. The minimum atomic E-state index is -4.56. The van der Waals surface area contributed by atoms with Gasteiger partial charge in [0.15, 0.2) is 0 Å². The number of rotatable bonds is 6. The largest absolute Gasteiger partial charge is 0.416 e. The van der Waals surface area contributed by atoms with Gasteiger partial charge in [-0.3, -0.25) is 9.59 Å². The van der Waals surface area contributed by atoms with E-state index in [2.05, 4.69) is 23.6 Å². The molecule has 2 fully saturated rings. The van der Waals surface area contributed by atoms with Crippen molar-refractivity contribution in [2.75, 3.05) is 11.9 Å². The first-order valence-electron chi connectivity index (χ1n) is 15.6. The van der Waals surface area contributed by atoms with Crippen LogP contribution in [0.4, 0.5) is 23.2 Å². The Morgan fingerprint density at radius 2 is 1.80 bits per heavy atom. The molecular formula is C35H41F4N3O2. The number of halogens is 4. The highest BCUT2D eigenvalue weighted by Gasteiger charge is 2.43. The Hall–Kier alpha value is -3.62. The van der Waals surface area contributed by atoms with Crippen molar-refractivity contribution in [3.63, 3.8) is 0 Å². The lowest BCUT2D eigenvalue weighted by atomic mass is 9.77. The van der Waals surface area contributed by atoms with Crippen LogP contribution < -0.4 is 10.6 Å². The number of hydrogen-bond donors (Lipinski definition) is 2. The second-order valence-corrected chi connectivity index (χ2v) is 12.7. The van der Waals surface area contributed by atoms with Gasteiger partial charge in [-0.15, -0.1) is 0 Å². The van der Waals surface area contributed by atoms with Crippen LogP contribution in [0, 0.1) is 37.4 Å². The predicted molar refractivity (Wildman–Crippen MR) is 163 cm³/mol. The molecule has 1 heterocycles. The van der Waals surface area contributed by atoms with E-state index >= 15 is 0 Å². The number of allylic oxidation sites excluding steroid dienone is 2. The van der Waals surface area contributed by atoms with Gasteiger partial charge in [-0.05, 0) is 87.3 Å². The minimum absolute atomic E-state index is 0.0176. The quantitative estimate of drug-likeness (QED) is 0.326. The fourth-order valence-corrected chi connectivity index (χ4v) is 7.16. The lowest BCUT2D eigenvalue weighted by Crippen LogP contribution is -2.55. The number of aryl methyl sites for hydroxylation is 2. The Balaban J connectivity index is 1.42. The van der Waals surface area contributed by atoms with E-state index in [-0.39, 0.29) is 22.7 Å². The average molecular weight is 612 g/mol. The van der Waals surface area contributed by atoms with Crippen molar-refractivity contribution in [1.82, 2.24) is 10.2 Å². The van der Waals surface area contributed by atoms with Crippen LogP contribution in [0.15, 0.2) is 60.3 Å². The molecule has 0 spiro atoms. The molecule has 236 valence electrons. The molecule has 1 saturated heterocycles. The first kappa shape index (κ1) is 31.8. The summed E-state index contributed by atoms with van der Waals surface area (Å²) in [7, 11) is 0. The van der Waals surface area contributed by atoms with Crippen LogP contribution >= 0.6 is 0 Å². The number of piperidine rings is 1. The van der Waals surface area contributed by atoms with Gasteiger partial charge in [-0.25, -0.2) is 4.39 Å². The number of hydrogen-bond acceptors (Lipinski definition) is 3. The summed E-state index contributed by atoms with van der Waals surface area (Å²) in [6, 6.07) is 8.03. The third kappa shape index (κ3) is 7.02. The molecule has 2 unspecified atom stereocenters. The van der Waals surface area contributed by atoms with E-state index in [9.17, 15) is 27.2 Å². The lowest BCUT2D eigenvalue weighted by Gasteiger charge is -2.44. The average Bonchev–Trinajstić information content (AvgIpc) is 2.97. The van der Waals surface area contributed by atoms with Crippen molar-refractivity contribution < 1.29 is 27.2 Å². The highest BCUT2D eigenvalue weighted by molar-refractivity contribution is 5.98. The summed E-state index contributed by atoms with van der Waals surface area (Å²) in [6.45, 7) is 5.68. The molecule has 2 aromatic carbocycles. The maximum Gasteiger partial charge on any atom is 0.416 e. The van der Waals surface area contributed by atoms with Gasteiger partial charge in [-0.1, -0.05) is 50.1 Å². The number of likely N-dealkylation sites (tertiary alicyclic amines) is 1. The zero-order chi connectivity index (χ0) is 31.6. The van der Waals surface area contributed by atoms with E-state index in [0.717, 1.165) is 24.6 Å². The van der Waals surface area contributed by atoms with Crippen LogP contribution in [0.3, 0.4) is 0 Å². The molecule has 44 heavy (non-hydrogen) atoms. The molecule has 2 aliphatic carbocycles. The number of anilines is 1. The SMILES string of the molecule is Cc1ccc(NC(=O)[C@H]2CCCN(C(=O)c3c(C)cccc3F)[C@H]2C2C=CC(NC3CCC[C@@H](C)C3)=CC2)cc1C(F)(F)F. The summed E-state index contributed by atoms with van der Waals surface area (Å²) in [5.41, 5.74) is 0.805. The normalized spacial score (nSPS) is 25.8. The van der Waals surface area contributed by atoms with Gasteiger partial charge in [0.25, 0.3) is 5.91 Å². The Morgan fingerprint density at radius 1 is 1.00 bits per heavy atom. The first-order chi connectivity index (χ1) is 20.9. The topological polar surface area (TPSA) is 61.4 Å². The third-order valence-electron chi connectivity index (χ3n) is 9.41.